The number of nitro benzene ring substituents is 1. The second-order valence-electron chi connectivity index (χ2n) is 5.64. The fourth-order valence-electron chi connectivity index (χ4n) is 2.44. The lowest BCUT2D eigenvalue weighted by Gasteiger charge is -2.06. The number of aromatic nitrogens is 2. The normalized spacial score (nSPS) is 11.1. The van der Waals surface area contributed by atoms with Crippen LogP contribution in [-0.4, -0.2) is 30.2 Å². The van der Waals surface area contributed by atoms with E-state index in [9.17, 15) is 18.5 Å². The SMILES string of the molecule is COc1cccc(Cn2cc(NS(=O)(=O)c3cccc([N+](=O)[O-])c3)cn2)c1. The van der Waals surface area contributed by atoms with Crippen molar-refractivity contribution in [2.45, 2.75) is 11.4 Å². The van der Waals surface area contributed by atoms with Gasteiger partial charge in [0.25, 0.3) is 15.7 Å². The summed E-state index contributed by atoms with van der Waals surface area (Å²) in [4.78, 5) is 9.98. The van der Waals surface area contributed by atoms with Gasteiger partial charge in [0.2, 0.25) is 0 Å². The van der Waals surface area contributed by atoms with Crippen LogP contribution in [0, 0.1) is 10.1 Å². The van der Waals surface area contributed by atoms with Crippen molar-refractivity contribution in [3.63, 3.8) is 0 Å². The fraction of sp³-hybridized carbons (Fsp3) is 0.118. The minimum atomic E-state index is -3.97. The molecule has 0 fully saturated rings. The number of non-ortho nitro benzene ring substituents is 1. The minimum Gasteiger partial charge on any atom is -0.497 e. The van der Waals surface area contributed by atoms with Crippen molar-refractivity contribution in [1.82, 2.24) is 9.78 Å². The Labute approximate surface area is 155 Å². The number of benzene rings is 2. The van der Waals surface area contributed by atoms with Crippen molar-refractivity contribution in [3.05, 3.63) is 76.6 Å². The van der Waals surface area contributed by atoms with Gasteiger partial charge >= 0.3 is 0 Å². The molecule has 0 aliphatic heterocycles. The molecule has 27 heavy (non-hydrogen) atoms. The molecule has 1 N–H and O–H groups in total. The Morgan fingerprint density at radius 2 is 2.00 bits per heavy atom. The minimum absolute atomic E-state index is 0.197. The molecule has 0 unspecified atom stereocenters. The fourth-order valence-corrected chi connectivity index (χ4v) is 3.51. The molecule has 9 nitrogen and oxygen atoms in total. The van der Waals surface area contributed by atoms with Gasteiger partial charge in [0, 0.05) is 18.3 Å². The summed E-state index contributed by atoms with van der Waals surface area (Å²) in [5.41, 5.74) is 0.890. The maximum absolute atomic E-state index is 12.4. The number of sulfonamides is 1. The van der Waals surface area contributed by atoms with Gasteiger partial charge in [0.15, 0.2) is 0 Å². The third-order valence-electron chi connectivity index (χ3n) is 3.70. The van der Waals surface area contributed by atoms with Crippen molar-refractivity contribution >= 4 is 21.4 Å². The summed E-state index contributed by atoms with van der Waals surface area (Å²) in [6.45, 7) is 0.426. The van der Waals surface area contributed by atoms with E-state index in [0.29, 0.717) is 12.3 Å². The molecule has 0 radical (unpaired) electrons. The topological polar surface area (TPSA) is 116 Å². The van der Waals surface area contributed by atoms with Crippen molar-refractivity contribution < 1.29 is 18.1 Å². The number of nitrogens with one attached hydrogen (secondary N) is 1. The van der Waals surface area contributed by atoms with Gasteiger partial charge in [-0.25, -0.2) is 8.42 Å². The lowest BCUT2D eigenvalue weighted by Crippen LogP contribution is -2.12. The molecule has 0 bridgehead atoms. The molecule has 2 aromatic carbocycles. The summed E-state index contributed by atoms with van der Waals surface area (Å²) in [5.74, 6) is 0.714. The van der Waals surface area contributed by atoms with Gasteiger partial charge < -0.3 is 4.74 Å². The number of nitro groups is 1. The monoisotopic (exact) mass is 388 g/mol. The number of hydrogen-bond acceptors (Lipinski definition) is 6. The summed E-state index contributed by atoms with van der Waals surface area (Å²) >= 11 is 0. The zero-order valence-corrected chi connectivity index (χ0v) is 15.1. The van der Waals surface area contributed by atoms with Gasteiger partial charge in [-0.1, -0.05) is 18.2 Å². The number of nitrogens with zero attached hydrogens (tertiary/aromatic N) is 3. The predicted molar refractivity (Wildman–Crippen MR) is 98.2 cm³/mol. The molecule has 1 heterocycles. The lowest BCUT2D eigenvalue weighted by atomic mass is 10.2. The van der Waals surface area contributed by atoms with Crippen LogP contribution in [0.5, 0.6) is 5.75 Å². The molecule has 0 saturated carbocycles. The standard InChI is InChI=1S/C17H16N4O5S/c1-26-16-6-2-4-13(8-16)11-20-12-14(10-18-20)19-27(24,25)17-7-3-5-15(9-17)21(22)23/h2-10,12,19H,11H2,1H3. The van der Waals surface area contributed by atoms with Crippen LogP contribution in [0.25, 0.3) is 0 Å². The number of anilines is 1. The van der Waals surface area contributed by atoms with Crippen molar-refractivity contribution in [3.8, 4) is 5.75 Å². The van der Waals surface area contributed by atoms with Crippen molar-refractivity contribution in [2.75, 3.05) is 11.8 Å². The highest BCUT2D eigenvalue weighted by Gasteiger charge is 2.18. The smallest absolute Gasteiger partial charge is 0.270 e. The zero-order chi connectivity index (χ0) is 19.4. The van der Waals surface area contributed by atoms with E-state index < -0.39 is 14.9 Å². The second kappa shape index (κ2) is 7.46. The first-order valence-electron chi connectivity index (χ1n) is 7.80. The van der Waals surface area contributed by atoms with E-state index in [4.69, 9.17) is 4.74 Å². The van der Waals surface area contributed by atoms with E-state index in [0.717, 1.165) is 11.6 Å². The van der Waals surface area contributed by atoms with E-state index in [2.05, 4.69) is 9.82 Å². The Kier molecular flexibility index (Phi) is 5.08. The van der Waals surface area contributed by atoms with Gasteiger partial charge in [-0.05, 0) is 23.8 Å². The number of hydrogen-bond donors (Lipinski definition) is 1. The molecule has 3 aromatic rings. The van der Waals surface area contributed by atoms with Crippen LogP contribution < -0.4 is 9.46 Å². The molecule has 3 rings (SSSR count). The second-order valence-corrected chi connectivity index (χ2v) is 7.32. The summed E-state index contributed by atoms with van der Waals surface area (Å²) in [5, 5.41) is 15.0. The largest absolute Gasteiger partial charge is 0.497 e. The van der Waals surface area contributed by atoms with Crippen LogP contribution in [0.4, 0.5) is 11.4 Å². The molecule has 0 aliphatic carbocycles. The zero-order valence-electron chi connectivity index (χ0n) is 14.3. The first kappa shape index (κ1) is 18.4. The molecule has 0 saturated heterocycles. The van der Waals surface area contributed by atoms with Crippen LogP contribution in [0.15, 0.2) is 65.8 Å². The average Bonchev–Trinajstić information content (AvgIpc) is 3.08. The molecule has 140 valence electrons. The van der Waals surface area contributed by atoms with E-state index in [1.807, 2.05) is 24.3 Å². The summed E-state index contributed by atoms with van der Waals surface area (Å²) in [7, 11) is -2.39. The summed E-state index contributed by atoms with van der Waals surface area (Å²) < 4.78 is 34.0. The molecule has 0 aliphatic rings. The average molecular weight is 388 g/mol. The Morgan fingerprint density at radius 1 is 1.22 bits per heavy atom. The van der Waals surface area contributed by atoms with Crippen molar-refractivity contribution in [1.29, 1.82) is 0 Å². The number of methoxy groups -OCH3 is 1. The van der Waals surface area contributed by atoms with E-state index in [1.165, 1.54) is 30.6 Å². The lowest BCUT2D eigenvalue weighted by molar-refractivity contribution is -0.385. The van der Waals surface area contributed by atoms with Gasteiger partial charge in [-0.3, -0.25) is 19.5 Å². The van der Waals surface area contributed by atoms with Crippen LogP contribution in [0.1, 0.15) is 5.56 Å². The molecule has 0 amide bonds. The van der Waals surface area contributed by atoms with Gasteiger partial charge in [-0.2, -0.15) is 5.10 Å². The van der Waals surface area contributed by atoms with E-state index >= 15 is 0 Å². The van der Waals surface area contributed by atoms with Crippen LogP contribution in [0.2, 0.25) is 0 Å². The summed E-state index contributed by atoms with van der Waals surface area (Å²) in [6, 6.07) is 12.3. The van der Waals surface area contributed by atoms with E-state index in [1.54, 1.807) is 11.8 Å². The third kappa shape index (κ3) is 4.42. The maximum Gasteiger partial charge on any atom is 0.270 e. The quantitative estimate of drug-likeness (QED) is 0.491. The Bertz CT molecular complexity index is 1080. The Hall–Kier alpha value is -3.40. The highest BCUT2D eigenvalue weighted by molar-refractivity contribution is 7.92. The highest BCUT2D eigenvalue weighted by Crippen LogP contribution is 2.20. The number of rotatable bonds is 7. The van der Waals surface area contributed by atoms with Gasteiger partial charge in [-0.15, -0.1) is 0 Å². The summed E-state index contributed by atoms with van der Waals surface area (Å²) in [6.07, 6.45) is 2.91. The maximum atomic E-state index is 12.4. The first-order valence-corrected chi connectivity index (χ1v) is 9.28. The molecule has 0 spiro atoms. The van der Waals surface area contributed by atoms with Crippen LogP contribution >= 0.6 is 0 Å². The molecular formula is C17H16N4O5S. The van der Waals surface area contributed by atoms with Gasteiger partial charge in [0.1, 0.15) is 5.75 Å². The Balaban J connectivity index is 1.76. The van der Waals surface area contributed by atoms with Crippen LogP contribution in [-0.2, 0) is 16.6 Å². The molecular weight excluding hydrogens is 372 g/mol. The highest BCUT2D eigenvalue weighted by atomic mass is 32.2. The molecule has 0 atom stereocenters. The first-order chi connectivity index (χ1) is 12.9. The third-order valence-corrected chi connectivity index (χ3v) is 5.08. The number of ether oxygens (including phenoxy) is 1. The predicted octanol–water partition coefficient (Wildman–Crippen LogP) is 2.65. The van der Waals surface area contributed by atoms with E-state index in [-0.39, 0.29) is 16.3 Å². The van der Waals surface area contributed by atoms with Crippen molar-refractivity contribution in [2.24, 2.45) is 0 Å². The molecule has 1 aromatic heterocycles. The molecule has 10 heteroatoms. The Morgan fingerprint density at radius 3 is 2.74 bits per heavy atom. The van der Waals surface area contributed by atoms with Crippen LogP contribution in [0.3, 0.4) is 0 Å². The van der Waals surface area contributed by atoms with Gasteiger partial charge in [0.05, 0.1) is 35.4 Å².